The molecule has 0 aromatic heterocycles. The number of hydrogen-bond acceptors (Lipinski definition) is 5. The van der Waals surface area contributed by atoms with Crippen LogP contribution in [0.4, 0.5) is 0 Å². The van der Waals surface area contributed by atoms with E-state index in [-0.39, 0.29) is 17.2 Å². The number of likely N-dealkylation sites (N-methyl/N-ethyl adjacent to an activating group) is 1. The molecule has 35 heavy (non-hydrogen) atoms. The highest BCUT2D eigenvalue weighted by molar-refractivity contribution is 7.89. The predicted molar refractivity (Wildman–Crippen MR) is 133 cm³/mol. The van der Waals surface area contributed by atoms with Gasteiger partial charge in [-0.15, -0.1) is 0 Å². The Morgan fingerprint density at radius 3 is 2.26 bits per heavy atom. The van der Waals surface area contributed by atoms with Crippen molar-refractivity contribution >= 4 is 38.5 Å². The number of benzene rings is 3. The lowest BCUT2D eigenvalue weighted by atomic mass is 10.0. The maximum Gasteiger partial charge on any atom is 0.260 e. The summed E-state index contributed by atoms with van der Waals surface area (Å²) in [7, 11) is -2.59. The molecule has 9 nitrogen and oxygen atoms in total. The molecule has 0 unspecified atom stereocenters. The Balaban J connectivity index is 1.49. The maximum atomic E-state index is 12.6. The number of nitrogens with zero attached hydrogens (tertiary/aromatic N) is 1. The van der Waals surface area contributed by atoms with Gasteiger partial charge in [-0.1, -0.05) is 60.2 Å². The van der Waals surface area contributed by atoms with E-state index in [0.29, 0.717) is 0 Å². The van der Waals surface area contributed by atoms with Crippen LogP contribution in [0.25, 0.3) is 10.8 Å². The van der Waals surface area contributed by atoms with Crippen LogP contribution in [0.3, 0.4) is 0 Å². The van der Waals surface area contributed by atoms with Crippen LogP contribution >= 0.6 is 0 Å². The Bertz CT molecular complexity index is 1330. The summed E-state index contributed by atoms with van der Waals surface area (Å²) in [5.41, 5.74) is 6.13. The van der Waals surface area contributed by atoms with E-state index in [1.165, 1.54) is 26.1 Å². The van der Waals surface area contributed by atoms with Gasteiger partial charge in [0.15, 0.2) is 0 Å². The molecule has 3 aromatic carbocycles. The molecule has 0 radical (unpaired) electrons. The topological polar surface area (TPSA) is 125 Å². The predicted octanol–water partition coefficient (Wildman–Crippen LogP) is 1.66. The number of carbonyl (C=O) groups excluding carboxylic acids is 3. The largest absolute Gasteiger partial charge is 0.344 e. The molecule has 0 saturated carbocycles. The van der Waals surface area contributed by atoms with Crippen molar-refractivity contribution in [3.05, 3.63) is 77.9 Å². The van der Waals surface area contributed by atoms with Gasteiger partial charge in [0, 0.05) is 7.05 Å². The molecule has 3 rings (SSSR count). The van der Waals surface area contributed by atoms with Crippen molar-refractivity contribution in [3.63, 3.8) is 0 Å². The molecule has 0 aliphatic rings. The van der Waals surface area contributed by atoms with Gasteiger partial charge < -0.3 is 5.32 Å². The van der Waals surface area contributed by atoms with Crippen LogP contribution in [0.15, 0.2) is 71.6 Å². The minimum absolute atomic E-state index is 0.0602. The molecule has 3 aromatic rings. The SMILES string of the molecule is Cc1ccc(S(=O)(=O)N(C)CC(=O)NNC(=O)[C@H](C)NC(=O)Cc2cccc3ccccc23)cc1. The van der Waals surface area contributed by atoms with Crippen molar-refractivity contribution < 1.29 is 22.8 Å². The van der Waals surface area contributed by atoms with Crippen molar-refractivity contribution in [3.8, 4) is 0 Å². The molecule has 184 valence electrons. The van der Waals surface area contributed by atoms with Gasteiger partial charge in [-0.3, -0.25) is 25.2 Å². The van der Waals surface area contributed by atoms with Crippen molar-refractivity contribution in [2.24, 2.45) is 0 Å². The number of hydrazine groups is 1. The molecule has 3 amide bonds. The maximum absolute atomic E-state index is 12.6. The molecular weight excluding hydrogens is 468 g/mol. The number of sulfonamides is 1. The summed E-state index contributed by atoms with van der Waals surface area (Å²) in [5, 5.41) is 4.57. The van der Waals surface area contributed by atoms with Crippen molar-refractivity contribution in [1.29, 1.82) is 0 Å². The summed E-state index contributed by atoms with van der Waals surface area (Å²) < 4.78 is 26.1. The number of fused-ring (bicyclic) bond motifs is 1. The third kappa shape index (κ3) is 6.65. The fraction of sp³-hybridized carbons (Fsp3) is 0.240. The van der Waals surface area contributed by atoms with Gasteiger partial charge in [-0.05, 0) is 42.3 Å². The van der Waals surface area contributed by atoms with Gasteiger partial charge >= 0.3 is 0 Å². The molecule has 0 heterocycles. The third-order valence-electron chi connectivity index (χ3n) is 5.42. The van der Waals surface area contributed by atoms with Gasteiger partial charge in [0.05, 0.1) is 17.9 Å². The lowest BCUT2D eigenvalue weighted by molar-refractivity contribution is -0.131. The summed E-state index contributed by atoms with van der Waals surface area (Å²) in [6.45, 7) is 2.82. The quantitative estimate of drug-likeness (QED) is 0.409. The lowest BCUT2D eigenvalue weighted by Crippen LogP contribution is -2.53. The standard InChI is InChI=1S/C25H28N4O5S/c1-17-11-13-21(14-12-17)35(33,34)29(3)16-24(31)27-28-25(32)18(2)26-23(30)15-20-9-6-8-19-7-4-5-10-22(19)20/h4-14,18H,15-16H2,1-3H3,(H,26,30)(H,27,31)(H,28,32)/t18-/m0/s1. The molecule has 3 N–H and O–H groups in total. The second-order valence-corrected chi connectivity index (χ2v) is 10.3. The molecule has 1 atom stereocenters. The molecule has 0 spiro atoms. The zero-order chi connectivity index (χ0) is 25.6. The molecular formula is C25H28N4O5S. The lowest BCUT2D eigenvalue weighted by Gasteiger charge is -2.18. The molecule has 0 bridgehead atoms. The molecule has 10 heteroatoms. The first kappa shape index (κ1) is 25.9. The fourth-order valence-electron chi connectivity index (χ4n) is 3.43. The molecule has 0 aliphatic heterocycles. The van der Waals surface area contributed by atoms with Crippen molar-refractivity contribution in [2.75, 3.05) is 13.6 Å². The number of amides is 3. The van der Waals surface area contributed by atoms with Crippen LogP contribution in [0.2, 0.25) is 0 Å². The zero-order valence-electron chi connectivity index (χ0n) is 19.7. The van der Waals surface area contributed by atoms with Crippen molar-refractivity contribution in [1.82, 2.24) is 20.5 Å². The monoisotopic (exact) mass is 496 g/mol. The molecule has 0 saturated heterocycles. The van der Waals surface area contributed by atoms with Gasteiger partial charge in [0.2, 0.25) is 15.9 Å². The first-order valence-electron chi connectivity index (χ1n) is 11.0. The Morgan fingerprint density at radius 2 is 1.54 bits per heavy atom. The molecule has 0 fully saturated rings. The van der Waals surface area contributed by atoms with E-state index in [1.807, 2.05) is 49.4 Å². The van der Waals surface area contributed by atoms with Crippen LogP contribution in [0.1, 0.15) is 18.1 Å². The summed E-state index contributed by atoms with van der Waals surface area (Å²) in [6, 6.07) is 18.7. The summed E-state index contributed by atoms with van der Waals surface area (Å²) in [4.78, 5) is 37.0. The van der Waals surface area contributed by atoms with E-state index in [2.05, 4.69) is 16.2 Å². The average Bonchev–Trinajstić information content (AvgIpc) is 2.83. The first-order valence-corrected chi connectivity index (χ1v) is 12.4. The Labute approximate surface area is 204 Å². The number of carbonyl (C=O) groups is 3. The van der Waals surface area contributed by atoms with E-state index in [1.54, 1.807) is 12.1 Å². The number of nitrogens with one attached hydrogen (secondary N) is 3. The van der Waals surface area contributed by atoms with Crippen LogP contribution < -0.4 is 16.2 Å². The summed E-state index contributed by atoms with van der Waals surface area (Å²) >= 11 is 0. The van der Waals surface area contributed by atoms with Crippen LogP contribution in [0.5, 0.6) is 0 Å². The minimum atomic E-state index is -3.86. The smallest absolute Gasteiger partial charge is 0.260 e. The van der Waals surface area contributed by atoms with E-state index in [0.717, 1.165) is 26.2 Å². The van der Waals surface area contributed by atoms with Gasteiger partial charge in [-0.25, -0.2) is 8.42 Å². The van der Waals surface area contributed by atoms with E-state index in [9.17, 15) is 22.8 Å². The second kappa shape index (κ2) is 11.1. The first-order chi connectivity index (χ1) is 16.6. The van der Waals surface area contributed by atoms with Crippen LogP contribution in [0, 0.1) is 6.92 Å². The van der Waals surface area contributed by atoms with Crippen LogP contribution in [-0.2, 0) is 30.8 Å². The van der Waals surface area contributed by atoms with Gasteiger partial charge in [-0.2, -0.15) is 4.31 Å². The van der Waals surface area contributed by atoms with Crippen molar-refractivity contribution in [2.45, 2.75) is 31.2 Å². The molecule has 0 aliphatic carbocycles. The normalized spacial score (nSPS) is 12.2. The highest BCUT2D eigenvalue weighted by Crippen LogP contribution is 2.19. The average molecular weight is 497 g/mol. The number of hydrogen-bond donors (Lipinski definition) is 3. The number of rotatable bonds is 8. The highest BCUT2D eigenvalue weighted by Gasteiger charge is 2.23. The minimum Gasteiger partial charge on any atom is -0.344 e. The highest BCUT2D eigenvalue weighted by atomic mass is 32.2. The Hall–Kier alpha value is -3.76. The summed E-state index contributed by atoms with van der Waals surface area (Å²) in [6.07, 6.45) is 0.0903. The Morgan fingerprint density at radius 1 is 0.886 bits per heavy atom. The third-order valence-corrected chi connectivity index (χ3v) is 7.24. The van der Waals surface area contributed by atoms with E-state index < -0.39 is 34.4 Å². The number of aryl methyl sites for hydroxylation is 1. The Kier molecular flexibility index (Phi) is 8.21. The van der Waals surface area contributed by atoms with Gasteiger partial charge in [0.1, 0.15) is 6.04 Å². The van der Waals surface area contributed by atoms with Crippen LogP contribution in [-0.4, -0.2) is 50.1 Å². The van der Waals surface area contributed by atoms with E-state index in [4.69, 9.17) is 0 Å². The van der Waals surface area contributed by atoms with E-state index >= 15 is 0 Å². The second-order valence-electron chi connectivity index (χ2n) is 8.22. The zero-order valence-corrected chi connectivity index (χ0v) is 20.6. The van der Waals surface area contributed by atoms with Gasteiger partial charge in [0.25, 0.3) is 11.8 Å². The summed E-state index contributed by atoms with van der Waals surface area (Å²) in [5.74, 6) is -1.72. The fourth-order valence-corrected chi connectivity index (χ4v) is 4.56.